The Morgan fingerprint density at radius 1 is 1.00 bits per heavy atom. The van der Waals surface area contributed by atoms with Gasteiger partial charge in [0.05, 0.1) is 31.6 Å². The lowest BCUT2D eigenvalue weighted by molar-refractivity contribution is -0.139. The third-order valence-corrected chi connectivity index (χ3v) is 5.37. The van der Waals surface area contributed by atoms with Gasteiger partial charge in [-0.15, -0.1) is 0 Å². The van der Waals surface area contributed by atoms with Gasteiger partial charge in [-0.3, -0.25) is 4.79 Å². The third kappa shape index (κ3) is 6.29. The molecule has 2 rings (SSSR count). The van der Waals surface area contributed by atoms with Gasteiger partial charge in [0.2, 0.25) is 0 Å². The fourth-order valence-corrected chi connectivity index (χ4v) is 3.42. The van der Waals surface area contributed by atoms with Crippen molar-refractivity contribution in [2.75, 3.05) is 0 Å². The average molecular weight is 485 g/mol. The fourth-order valence-electron chi connectivity index (χ4n) is 2.53. The highest BCUT2D eigenvalue weighted by molar-refractivity contribution is 6.48. The first-order valence-corrected chi connectivity index (χ1v) is 9.91. The van der Waals surface area contributed by atoms with Crippen molar-refractivity contribution in [1.82, 2.24) is 5.32 Å². The predicted octanol–water partition coefficient (Wildman–Crippen LogP) is 7.80. The van der Waals surface area contributed by atoms with Crippen LogP contribution in [-0.4, -0.2) is 18.1 Å². The predicted molar refractivity (Wildman–Crippen MR) is 113 cm³/mol. The molecule has 0 heterocycles. The molecule has 156 valence electrons. The summed E-state index contributed by atoms with van der Waals surface area (Å²) in [5.41, 5.74) is 0.491. The number of nitrogens with one attached hydrogen (secondary N) is 1. The van der Waals surface area contributed by atoms with Crippen LogP contribution in [0.4, 0.5) is 13.2 Å². The van der Waals surface area contributed by atoms with E-state index < -0.39 is 12.1 Å². The maximum absolute atomic E-state index is 13.6. The Kier molecular flexibility index (Phi) is 7.91. The van der Waals surface area contributed by atoms with E-state index in [1.54, 1.807) is 13.8 Å². The molecule has 0 bridgehead atoms. The molecule has 0 spiro atoms. The van der Waals surface area contributed by atoms with E-state index >= 15 is 0 Å². The Morgan fingerprint density at radius 2 is 1.59 bits per heavy atom. The van der Waals surface area contributed by atoms with E-state index in [2.05, 4.69) is 5.32 Å². The zero-order valence-corrected chi connectivity index (χ0v) is 18.3. The smallest absolute Gasteiger partial charge is 0.350 e. The number of hydrogen-bond acceptors (Lipinski definition) is 1. The van der Waals surface area contributed by atoms with Crippen LogP contribution in [0.25, 0.3) is 6.08 Å². The standard InChI is InChI=1S/C20H16Cl4F3NO/c1-10(2)28-19(29)13-5-3-11(7-15(13)21)4-6-14(20(25,26)27)12-8-16(22)18(24)17(23)9-12/h3-10,14H,1-2H3,(H,28,29)/b6-4+. The van der Waals surface area contributed by atoms with Gasteiger partial charge in [0, 0.05) is 6.04 Å². The number of alkyl halides is 3. The van der Waals surface area contributed by atoms with Crippen LogP contribution in [0, 0.1) is 0 Å². The van der Waals surface area contributed by atoms with Gasteiger partial charge in [-0.1, -0.05) is 64.6 Å². The molecule has 1 atom stereocenters. The lowest BCUT2D eigenvalue weighted by Crippen LogP contribution is -2.30. The molecule has 1 N–H and O–H groups in total. The van der Waals surface area contributed by atoms with Gasteiger partial charge in [-0.2, -0.15) is 13.2 Å². The minimum atomic E-state index is -4.59. The Balaban J connectivity index is 2.35. The van der Waals surface area contributed by atoms with Crippen molar-refractivity contribution >= 4 is 58.4 Å². The highest BCUT2D eigenvalue weighted by atomic mass is 35.5. The van der Waals surface area contributed by atoms with Gasteiger partial charge in [0.15, 0.2) is 0 Å². The number of carbonyl (C=O) groups excluding carboxylic acids is 1. The van der Waals surface area contributed by atoms with Gasteiger partial charge in [-0.05, 0) is 49.2 Å². The van der Waals surface area contributed by atoms with Crippen LogP contribution in [0.5, 0.6) is 0 Å². The molecule has 0 radical (unpaired) electrons. The van der Waals surface area contributed by atoms with E-state index in [0.717, 1.165) is 18.2 Å². The SMILES string of the molecule is CC(C)NC(=O)c1ccc(/C=C/C(c2cc(Cl)c(Cl)c(Cl)c2)C(F)(F)F)cc1Cl. The molecule has 1 unspecified atom stereocenters. The van der Waals surface area contributed by atoms with E-state index in [4.69, 9.17) is 46.4 Å². The lowest BCUT2D eigenvalue weighted by Gasteiger charge is -2.18. The minimum Gasteiger partial charge on any atom is -0.350 e. The van der Waals surface area contributed by atoms with Gasteiger partial charge in [-0.25, -0.2) is 0 Å². The van der Waals surface area contributed by atoms with Gasteiger partial charge < -0.3 is 5.32 Å². The first kappa shape index (κ1) is 23.9. The monoisotopic (exact) mass is 483 g/mol. The van der Waals surface area contributed by atoms with Crippen molar-refractivity contribution in [3.05, 3.63) is 73.2 Å². The highest BCUT2D eigenvalue weighted by Crippen LogP contribution is 2.41. The molecule has 29 heavy (non-hydrogen) atoms. The summed E-state index contributed by atoms with van der Waals surface area (Å²) in [6.45, 7) is 3.60. The summed E-state index contributed by atoms with van der Waals surface area (Å²) in [6.07, 6.45) is -2.35. The largest absolute Gasteiger partial charge is 0.399 e. The Bertz CT molecular complexity index is 919. The summed E-state index contributed by atoms with van der Waals surface area (Å²) >= 11 is 23.7. The van der Waals surface area contributed by atoms with Crippen LogP contribution in [0.3, 0.4) is 0 Å². The van der Waals surface area contributed by atoms with Crippen LogP contribution in [0.1, 0.15) is 41.3 Å². The second kappa shape index (κ2) is 9.61. The van der Waals surface area contributed by atoms with Crippen molar-refractivity contribution in [3.63, 3.8) is 0 Å². The summed E-state index contributed by atoms with van der Waals surface area (Å²) in [5.74, 6) is -2.32. The lowest BCUT2D eigenvalue weighted by atomic mass is 9.97. The van der Waals surface area contributed by atoms with Crippen LogP contribution < -0.4 is 5.32 Å². The molecule has 0 saturated heterocycles. The summed E-state index contributed by atoms with van der Waals surface area (Å²) in [5, 5.41) is 2.68. The van der Waals surface area contributed by atoms with Crippen LogP contribution in [-0.2, 0) is 0 Å². The summed E-state index contributed by atoms with van der Waals surface area (Å²) in [4.78, 5) is 12.1. The molecular formula is C20H16Cl4F3NO. The number of carbonyl (C=O) groups is 1. The molecular weight excluding hydrogens is 469 g/mol. The first-order chi connectivity index (χ1) is 13.4. The van der Waals surface area contributed by atoms with Crippen molar-refractivity contribution in [1.29, 1.82) is 0 Å². The molecule has 2 aromatic carbocycles. The molecule has 0 saturated carbocycles. The zero-order chi connectivity index (χ0) is 21.9. The van der Waals surface area contributed by atoms with E-state index in [9.17, 15) is 18.0 Å². The molecule has 0 aliphatic heterocycles. The summed E-state index contributed by atoms with van der Waals surface area (Å²) in [7, 11) is 0. The number of allylic oxidation sites excluding steroid dienone is 1. The van der Waals surface area contributed by atoms with E-state index in [1.165, 1.54) is 24.3 Å². The minimum absolute atomic E-state index is 0.0102. The molecule has 2 nitrogen and oxygen atoms in total. The Morgan fingerprint density at radius 3 is 2.07 bits per heavy atom. The normalized spacial score (nSPS) is 13.2. The summed E-state index contributed by atoms with van der Waals surface area (Å²) in [6, 6.07) is 6.56. The maximum Gasteiger partial charge on any atom is 0.399 e. The highest BCUT2D eigenvalue weighted by Gasteiger charge is 2.39. The molecule has 9 heteroatoms. The van der Waals surface area contributed by atoms with Crippen molar-refractivity contribution in [3.8, 4) is 0 Å². The zero-order valence-electron chi connectivity index (χ0n) is 15.3. The van der Waals surface area contributed by atoms with Crippen LogP contribution >= 0.6 is 46.4 Å². The molecule has 0 fully saturated rings. The molecule has 0 aliphatic carbocycles. The number of halogens is 7. The van der Waals surface area contributed by atoms with E-state index in [1.807, 2.05) is 0 Å². The maximum atomic E-state index is 13.6. The number of rotatable bonds is 5. The van der Waals surface area contributed by atoms with Crippen molar-refractivity contribution < 1.29 is 18.0 Å². The van der Waals surface area contributed by atoms with Crippen LogP contribution in [0.15, 0.2) is 36.4 Å². The second-order valence-electron chi connectivity index (χ2n) is 6.54. The number of hydrogen-bond donors (Lipinski definition) is 1. The Labute approximate surface area is 186 Å². The van der Waals surface area contributed by atoms with E-state index in [-0.39, 0.29) is 43.2 Å². The molecule has 0 aromatic heterocycles. The first-order valence-electron chi connectivity index (χ1n) is 8.40. The number of amides is 1. The summed E-state index contributed by atoms with van der Waals surface area (Å²) < 4.78 is 40.8. The van der Waals surface area contributed by atoms with Gasteiger partial charge in [0.25, 0.3) is 5.91 Å². The van der Waals surface area contributed by atoms with Crippen molar-refractivity contribution in [2.24, 2.45) is 0 Å². The second-order valence-corrected chi connectivity index (χ2v) is 8.14. The van der Waals surface area contributed by atoms with Gasteiger partial charge >= 0.3 is 6.18 Å². The Hall–Kier alpha value is -1.40. The molecule has 0 aliphatic rings. The third-order valence-electron chi connectivity index (χ3n) is 3.86. The molecule has 1 amide bonds. The van der Waals surface area contributed by atoms with Gasteiger partial charge in [0.1, 0.15) is 0 Å². The van der Waals surface area contributed by atoms with Crippen LogP contribution in [0.2, 0.25) is 20.1 Å². The topological polar surface area (TPSA) is 29.1 Å². The fraction of sp³-hybridized carbons (Fsp3) is 0.250. The average Bonchev–Trinajstić information content (AvgIpc) is 2.57. The quantitative estimate of drug-likeness (QED) is 0.431. The molecule has 2 aromatic rings. The van der Waals surface area contributed by atoms with E-state index in [0.29, 0.717) is 5.56 Å². The van der Waals surface area contributed by atoms with Crippen molar-refractivity contribution in [2.45, 2.75) is 32.0 Å². The number of benzene rings is 2.